The van der Waals surface area contributed by atoms with E-state index in [1.54, 1.807) is 12.1 Å². The van der Waals surface area contributed by atoms with Crippen molar-refractivity contribution in [3.05, 3.63) is 66.0 Å². The molecule has 1 aliphatic heterocycles. The van der Waals surface area contributed by atoms with E-state index in [1.165, 1.54) is 22.7 Å². The number of amides is 2. The van der Waals surface area contributed by atoms with Crippen molar-refractivity contribution in [1.82, 2.24) is 10.7 Å². The van der Waals surface area contributed by atoms with Crippen LogP contribution in [0.4, 0.5) is 14.9 Å². The molecule has 0 saturated carbocycles. The van der Waals surface area contributed by atoms with Crippen LogP contribution >= 0.6 is 0 Å². The van der Waals surface area contributed by atoms with Gasteiger partial charge in [-0.15, -0.1) is 0 Å². The van der Waals surface area contributed by atoms with Crippen LogP contribution in [0, 0.1) is 5.82 Å². The van der Waals surface area contributed by atoms with Crippen molar-refractivity contribution in [3.63, 3.8) is 0 Å². The Balaban J connectivity index is 1.68. The predicted octanol–water partition coefficient (Wildman–Crippen LogP) is 3.21. The van der Waals surface area contributed by atoms with E-state index in [-0.39, 0.29) is 11.8 Å². The number of hydrogen-bond acceptors (Lipinski definition) is 2. The van der Waals surface area contributed by atoms with Crippen LogP contribution in [-0.2, 0) is 6.42 Å². The number of benzene rings is 2. The molecule has 2 aromatic rings. The van der Waals surface area contributed by atoms with E-state index < -0.39 is 5.66 Å². The fraction of sp³-hybridized carbons (Fsp3) is 0.235. The van der Waals surface area contributed by atoms with Gasteiger partial charge in [0.15, 0.2) is 0 Å². The van der Waals surface area contributed by atoms with Gasteiger partial charge in [-0.1, -0.05) is 30.3 Å². The first kappa shape index (κ1) is 14.5. The van der Waals surface area contributed by atoms with Crippen LogP contribution in [0.1, 0.15) is 18.9 Å². The van der Waals surface area contributed by atoms with Gasteiger partial charge in [0.1, 0.15) is 11.5 Å². The lowest BCUT2D eigenvalue weighted by molar-refractivity contribution is 0.246. The van der Waals surface area contributed by atoms with Gasteiger partial charge in [0.2, 0.25) is 0 Å². The molecule has 0 bridgehead atoms. The maximum Gasteiger partial charge on any atom is 0.338 e. The summed E-state index contributed by atoms with van der Waals surface area (Å²) >= 11 is 0. The van der Waals surface area contributed by atoms with E-state index >= 15 is 0 Å². The zero-order valence-electron chi connectivity index (χ0n) is 12.3. The lowest BCUT2D eigenvalue weighted by Crippen LogP contribution is -2.48. The van der Waals surface area contributed by atoms with Crippen molar-refractivity contribution in [2.24, 2.45) is 0 Å². The summed E-state index contributed by atoms with van der Waals surface area (Å²) in [5, 5.41) is 4.37. The summed E-state index contributed by atoms with van der Waals surface area (Å²) in [4.78, 5) is 12.1. The van der Waals surface area contributed by atoms with Crippen molar-refractivity contribution >= 4 is 11.7 Å². The Morgan fingerprint density at radius 1 is 1.09 bits per heavy atom. The highest BCUT2D eigenvalue weighted by Gasteiger charge is 2.38. The molecule has 5 heteroatoms. The molecule has 1 fully saturated rings. The van der Waals surface area contributed by atoms with E-state index in [0.29, 0.717) is 5.69 Å². The van der Waals surface area contributed by atoms with Crippen molar-refractivity contribution in [2.45, 2.75) is 25.4 Å². The number of aryl methyl sites for hydroxylation is 1. The number of nitrogens with zero attached hydrogens (tertiary/aromatic N) is 1. The molecule has 1 heterocycles. The summed E-state index contributed by atoms with van der Waals surface area (Å²) in [5.41, 5.74) is 4.48. The van der Waals surface area contributed by atoms with Gasteiger partial charge in [-0.3, -0.25) is 0 Å². The molecule has 1 atom stereocenters. The Morgan fingerprint density at radius 2 is 1.77 bits per heavy atom. The Labute approximate surface area is 128 Å². The van der Waals surface area contributed by atoms with Gasteiger partial charge in [0.05, 0.1) is 5.69 Å². The Kier molecular flexibility index (Phi) is 3.81. The minimum Gasteiger partial charge on any atom is -0.317 e. The molecule has 3 rings (SSSR count). The third-order valence-corrected chi connectivity index (χ3v) is 3.79. The van der Waals surface area contributed by atoms with Crippen LogP contribution in [0.3, 0.4) is 0 Å². The van der Waals surface area contributed by atoms with Crippen molar-refractivity contribution in [1.29, 1.82) is 0 Å². The van der Waals surface area contributed by atoms with Gasteiger partial charge in [-0.2, -0.15) is 0 Å². The van der Waals surface area contributed by atoms with Crippen molar-refractivity contribution in [3.8, 4) is 0 Å². The monoisotopic (exact) mass is 299 g/mol. The normalized spacial score (nSPS) is 21.0. The second kappa shape index (κ2) is 5.77. The van der Waals surface area contributed by atoms with E-state index in [9.17, 15) is 9.18 Å². The molecule has 22 heavy (non-hydrogen) atoms. The maximum absolute atomic E-state index is 13.0. The largest absolute Gasteiger partial charge is 0.338 e. The van der Waals surface area contributed by atoms with E-state index in [1.807, 2.05) is 25.1 Å². The van der Waals surface area contributed by atoms with Gasteiger partial charge < -0.3 is 5.32 Å². The number of nitrogens with one attached hydrogen (secondary N) is 2. The summed E-state index contributed by atoms with van der Waals surface area (Å²) in [6.45, 7) is 1.94. The number of carbonyl (C=O) groups excluding carboxylic acids is 1. The fourth-order valence-corrected chi connectivity index (χ4v) is 2.55. The van der Waals surface area contributed by atoms with Gasteiger partial charge in [-0.25, -0.2) is 19.6 Å². The molecule has 1 aliphatic rings. The molecular weight excluding hydrogens is 281 g/mol. The summed E-state index contributed by atoms with van der Waals surface area (Å²) in [5.74, 6) is -0.324. The molecular formula is C17H18FN3O. The van der Waals surface area contributed by atoms with Gasteiger partial charge >= 0.3 is 6.03 Å². The summed E-state index contributed by atoms with van der Waals surface area (Å²) in [7, 11) is 0. The smallest absolute Gasteiger partial charge is 0.317 e. The lowest BCUT2D eigenvalue weighted by Gasteiger charge is -2.25. The number of rotatable bonds is 4. The average molecular weight is 299 g/mol. The van der Waals surface area contributed by atoms with Crippen molar-refractivity contribution < 1.29 is 9.18 Å². The molecule has 2 N–H and O–H groups in total. The average Bonchev–Trinajstić information content (AvgIpc) is 2.83. The molecule has 0 unspecified atom stereocenters. The second-order valence-electron chi connectivity index (χ2n) is 5.67. The molecule has 0 radical (unpaired) electrons. The molecule has 2 amide bonds. The molecule has 0 aromatic heterocycles. The highest BCUT2D eigenvalue weighted by atomic mass is 19.1. The molecule has 0 aliphatic carbocycles. The fourth-order valence-electron chi connectivity index (χ4n) is 2.55. The lowest BCUT2D eigenvalue weighted by atomic mass is 10.0. The maximum atomic E-state index is 13.0. The van der Waals surface area contributed by atoms with Crippen LogP contribution in [0.15, 0.2) is 54.6 Å². The van der Waals surface area contributed by atoms with Crippen LogP contribution in [0.25, 0.3) is 0 Å². The van der Waals surface area contributed by atoms with Crippen LogP contribution in [0.2, 0.25) is 0 Å². The summed E-state index contributed by atoms with van der Waals surface area (Å²) in [6.07, 6.45) is 1.60. The number of hydrazine groups is 1. The van der Waals surface area contributed by atoms with Crippen molar-refractivity contribution in [2.75, 3.05) is 5.01 Å². The van der Waals surface area contributed by atoms with Gasteiger partial charge in [-0.05, 0) is 49.6 Å². The number of anilines is 1. The third kappa shape index (κ3) is 3.09. The first-order chi connectivity index (χ1) is 10.6. The minimum atomic E-state index is -0.526. The van der Waals surface area contributed by atoms with E-state index in [4.69, 9.17) is 0 Å². The van der Waals surface area contributed by atoms with Gasteiger partial charge in [0, 0.05) is 0 Å². The third-order valence-electron chi connectivity index (χ3n) is 3.79. The number of hydrogen-bond donors (Lipinski definition) is 2. The van der Waals surface area contributed by atoms with Crippen LogP contribution in [-0.4, -0.2) is 11.7 Å². The topological polar surface area (TPSA) is 44.4 Å². The minimum absolute atomic E-state index is 0.234. The zero-order chi connectivity index (χ0) is 15.6. The summed E-state index contributed by atoms with van der Waals surface area (Å²) < 4.78 is 13.0. The highest BCUT2D eigenvalue weighted by molar-refractivity contribution is 5.93. The first-order valence-electron chi connectivity index (χ1n) is 7.25. The Hall–Kier alpha value is -2.40. The standard InChI is InChI=1S/C17H18FN3O/c1-17(12-11-13-5-3-2-4-6-13)19-16(22)21(20-17)15-9-7-14(18)8-10-15/h2-10,20H,11-12H2,1H3,(H,19,22)/t17-/m1/s1. The second-order valence-corrected chi connectivity index (χ2v) is 5.67. The Morgan fingerprint density at radius 3 is 2.45 bits per heavy atom. The SMILES string of the molecule is C[C@@]1(CCc2ccccc2)NC(=O)N(c2ccc(F)cc2)N1. The zero-order valence-corrected chi connectivity index (χ0v) is 12.3. The predicted molar refractivity (Wildman–Crippen MR) is 83.7 cm³/mol. The molecule has 114 valence electrons. The van der Waals surface area contributed by atoms with E-state index in [2.05, 4.69) is 22.9 Å². The molecule has 0 spiro atoms. The number of halogens is 1. The number of carbonyl (C=O) groups is 1. The molecule has 2 aromatic carbocycles. The van der Waals surface area contributed by atoms with Crippen LogP contribution in [0.5, 0.6) is 0 Å². The quantitative estimate of drug-likeness (QED) is 0.910. The molecule has 1 saturated heterocycles. The summed E-state index contributed by atoms with van der Waals surface area (Å²) in [6, 6.07) is 15.7. The molecule has 4 nitrogen and oxygen atoms in total. The Bertz CT molecular complexity index is 659. The van der Waals surface area contributed by atoms with Crippen LogP contribution < -0.4 is 15.8 Å². The van der Waals surface area contributed by atoms with E-state index in [0.717, 1.165) is 12.8 Å². The first-order valence-corrected chi connectivity index (χ1v) is 7.25. The number of urea groups is 1. The highest BCUT2D eigenvalue weighted by Crippen LogP contribution is 2.22. The van der Waals surface area contributed by atoms with Gasteiger partial charge in [0.25, 0.3) is 0 Å².